The molecule has 1 aromatic heterocycles. The Labute approximate surface area is 189 Å². The molecule has 0 radical (unpaired) electrons. The van der Waals surface area contributed by atoms with Crippen molar-refractivity contribution in [1.82, 2.24) is 20.5 Å². The Morgan fingerprint density at radius 2 is 1.97 bits per heavy atom. The Balaban J connectivity index is 1.46. The summed E-state index contributed by atoms with van der Waals surface area (Å²) in [5, 5.41) is 9.05. The maximum absolute atomic E-state index is 13.4. The zero-order valence-electron chi connectivity index (χ0n) is 18.8. The van der Waals surface area contributed by atoms with Crippen molar-refractivity contribution in [2.24, 2.45) is 5.92 Å². The number of carbonyl (C=O) groups excluding carboxylic acids is 3. The maximum Gasteiger partial charge on any atom is 0.237 e. The molecular formula is C25H32N4O3. The van der Waals surface area contributed by atoms with Crippen molar-refractivity contribution < 1.29 is 14.4 Å². The number of amides is 2. The summed E-state index contributed by atoms with van der Waals surface area (Å²) in [7, 11) is 1.74. The van der Waals surface area contributed by atoms with Gasteiger partial charge < -0.3 is 20.5 Å². The van der Waals surface area contributed by atoms with Crippen molar-refractivity contribution in [3.05, 3.63) is 59.4 Å². The number of aryl methyl sites for hydroxylation is 1. The number of nitrogens with zero attached hydrogens (tertiary/aromatic N) is 1. The summed E-state index contributed by atoms with van der Waals surface area (Å²) in [6.45, 7) is 2.83. The number of carbonyl (C=O) groups is 3. The highest BCUT2D eigenvalue weighted by molar-refractivity contribution is 5.93. The van der Waals surface area contributed by atoms with Gasteiger partial charge in [-0.25, -0.2) is 0 Å². The topological polar surface area (TPSA) is 92.2 Å². The first-order valence-corrected chi connectivity index (χ1v) is 11.5. The van der Waals surface area contributed by atoms with Crippen LogP contribution in [0.5, 0.6) is 0 Å². The van der Waals surface area contributed by atoms with Gasteiger partial charge in [-0.15, -0.1) is 0 Å². The third kappa shape index (κ3) is 4.63. The number of hydrogen-bond donors (Lipinski definition) is 3. The molecule has 32 heavy (non-hydrogen) atoms. The summed E-state index contributed by atoms with van der Waals surface area (Å²) in [5.41, 5.74) is 3.30. The van der Waals surface area contributed by atoms with Crippen LogP contribution < -0.4 is 16.0 Å². The largest absolute Gasteiger partial charge is 0.355 e. The number of nitrogens with one attached hydrogen (secondary N) is 3. The summed E-state index contributed by atoms with van der Waals surface area (Å²) in [6, 6.07) is 11.5. The summed E-state index contributed by atoms with van der Waals surface area (Å²) in [6.07, 6.45) is 4.48. The summed E-state index contributed by atoms with van der Waals surface area (Å²) in [5.74, 6) is -0.961. The second-order valence-electron chi connectivity index (χ2n) is 8.91. The van der Waals surface area contributed by atoms with E-state index < -0.39 is 11.8 Å². The molecule has 4 atom stereocenters. The highest BCUT2D eigenvalue weighted by atomic mass is 16.2. The summed E-state index contributed by atoms with van der Waals surface area (Å²) in [4.78, 5) is 38.8. The first kappa shape index (κ1) is 22.3. The minimum atomic E-state index is -0.409. The fourth-order valence-corrected chi connectivity index (χ4v) is 4.88. The lowest BCUT2D eigenvalue weighted by Crippen LogP contribution is -2.50. The van der Waals surface area contributed by atoms with Gasteiger partial charge in [-0.2, -0.15) is 0 Å². The minimum absolute atomic E-state index is 0.0361. The molecule has 170 valence electrons. The number of Topliss-reactive ketones (excluding diaryl/α,β-unsaturated/α-hetero) is 1. The molecule has 2 aliphatic rings. The van der Waals surface area contributed by atoms with Crippen LogP contribution in [0.3, 0.4) is 0 Å². The molecule has 1 aliphatic heterocycles. The van der Waals surface area contributed by atoms with Crippen LogP contribution in [0.15, 0.2) is 42.6 Å². The van der Waals surface area contributed by atoms with Crippen molar-refractivity contribution in [2.75, 3.05) is 13.6 Å². The molecule has 7 nitrogen and oxygen atoms in total. The van der Waals surface area contributed by atoms with Gasteiger partial charge in [-0.05, 0) is 50.4 Å². The summed E-state index contributed by atoms with van der Waals surface area (Å²) < 4.78 is 2.06. The number of ketones is 1. The molecular weight excluding hydrogens is 404 g/mol. The molecule has 1 unspecified atom stereocenters. The quantitative estimate of drug-likeness (QED) is 0.614. The van der Waals surface area contributed by atoms with Crippen LogP contribution in [0.1, 0.15) is 42.5 Å². The van der Waals surface area contributed by atoms with Gasteiger partial charge in [-0.3, -0.25) is 14.4 Å². The van der Waals surface area contributed by atoms with E-state index in [1.807, 2.05) is 36.5 Å². The highest BCUT2D eigenvalue weighted by Crippen LogP contribution is 2.38. The van der Waals surface area contributed by atoms with E-state index in [1.165, 1.54) is 5.56 Å². The van der Waals surface area contributed by atoms with Crippen LogP contribution >= 0.6 is 0 Å². The smallest absolute Gasteiger partial charge is 0.237 e. The monoisotopic (exact) mass is 436 g/mol. The Morgan fingerprint density at radius 3 is 2.72 bits per heavy atom. The van der Waals surface area contributed by atoms with Gasteiger partial charge in [-0.1, -0.05) is 30.3 Å². The van der Waals surface area contributed by atoms with Crippen molar-refractivity contribution in [3.63, 3.8) is 0 Å². The van der Waals surface area contributed by atoms with E-state index in [2.05, 4.69) is 26.6 Å². The van der Waals surface area contributed by atoms with Gasteiger partial charge in [0.2, 0.25) is 11.8 Å². The van der Waals surface area contributed by atoms with Gasteiger partial charge in [0.25, 0.3) is 0 Å². The lowest BCUT2D eigenvalue weighted by molar-refractivity contribution is -0.130. The number of likely N-dealkylation sites (N-methyl/N-ethyl adjacent to an activating group) is 1. The predicted octanol–water partition coefficient (Wildman–Crippen LogP) is 1.56. The van der Waals surface area contributed by atoms with Crippen molar-refractivity contribution in [2.45, 2.75) is 57.2 Å². The lowest BCUT2D eigenvalue weighted by atomic mass is 9.79. The van der Waals surface area contributed by atoms with E-state index in [1.54, 1.807) is 14.0 Å². The molecule has 1 aromatic carbocycles. The van der Waals surface area contributed by atoms with Crippen molar-refractivity contribution in [1.29, 1.82) is 0 Å². The predicted molar refractivity (Wildman–Crippen MR) is 122 cm³/mol. The van der Waals surface area contributed by atoms with Crippen LogP contribution in [0, 0.1) is 5.92 Å². The van der Waals surface area contributed by atoms with E-state index >= 15 is 0 Å². The van der Waals surface area contributed by atoms with Gasteiger partial charge in [0, 0.05) is 37.4 Å². The zero-order valence-corrected chi connectivity index (χ0v) is 18.8. The number of rotatable bonds is 7. The normalized spacial score (nSPS) is 23.1. The lowest BCUT2D eigenvalue weighted by Gasteiger charge is -2.32. The second kappa shape index (κ2) is 9.69. The molecule has 7 heteroatoms. The summed E-state index contributed by atoms with van der Waals surface area (Å²) >= 11 is 0. The van der Waals surface area contributed by atoms with E-state index in [9.17, 15) is 14.4 Å². The SMILES string of the molecule is CN[C@@H](C)C(=O)N[C@H]1CCc2ccn3c2C1C(=O)C[C@H](C(=O)NCCc1ccccc1)C3. The molecule has 2 amide bonds. The Morgan fingerprint density at radius 1 is 1.19 bits per heavy atom. The Bertz CT molecular complexity index is 984. The van der Waals surface area contributed by atoms with E-state index in [0.29, 0.717) is 13.1 Å². The van der Waals surface area contributed by atoms with E-state index in [0.717, 1.165) is 30.5 Å². The van der Waals surface area contributed by atoms with Gasteiger partial charge >= 0.3 is 0 Å². The van der Waals surface area contributed by atoms with E-state index in [4.69, 9.17) is 0 Å². The molecule has 1 aliphatic carbocycles. The standard InChI is InChI=1S/C25H32N4O3/c1-16(26-2)24(31)28-20-9-8-18-11-13-29-15-19(14-21(30)22(20)23(18)29)25(32)27-12-10-17-6-4-3-5-7-17/h3-7,11,13,16,19-20,22,26H,8-10,12,14-15H2,1-2H3,(H,27,32)(H,28,31)/t16-,19-,20-,22?/m0/s1. The molecule has 2 heterocycles. The zero-order chi connectivity index (χ0) is 22.7. The van der Waals surface area contributed by atoms with E-state index in [-0.39, 0.29) is 36.1 Å². The van der Waals surface area contributed by atoms with Gasteiger partial charge in [0.05, 0.1) is 17.9 Å². The first-order chi connectivity index (χ1) is 15.5. The molecule has 2 aromatic rings. The average Bonchev–Trinajstić information content (AvgIpc) is 3.13. The first-order valence-electron chi connectivity index (χ1n) is 11.5. The third-order valence-corrected chi connectivity index (χ3v) is 6.81. The highest BCUT2D eigenvalue weighted by Gasteiger charge is 2.42. The second-order valence-corrected chi connectivity index (χ2v) is 8.91. The number of hydrogen-bond acceptors (Lipinski definition) is 4. The van der Waals surface area contributed by atoms with Crippen LogP contribution in [-0.4, -0.2) is 47.8 Å². The fraction of sp³-hybridized carbons (Fsp3) is 0.480. The minimum Gasteiger partial charge on any atom is -0.355 e. The van der Waals surface area contributed by atoms with Crippen LogP contribution in [0.4, 0.5) is 0 Å². The van der Waals surface area contributed by atoms with Crippen LogP contribution in [0.2, 0.25) is 0 Å². The maximum atomic E-state index is 13.4. The molecule has 0 saturated carbocycles. The molecule has 4 rings (SSSR count). The van der Waals surface area contributed by atoms with Crippen molar-refractivity contribution in [3.8, 4) is 0 Å². The van der Waals surface area contributed by atoms with Crippen molar-refractivity contribution >= 4 is 17.6 Å². The Hall–Kier alpha value is -2.93. The molecule has 0 fully saturated rings. The Kier molecular flexibility index (Phi) is 6.74. The van der Waals surface area contributed by atoms with Crippen LogP contribution in [0.25, 0.3) is 0 Å². The van der Waals surface area contributed by atoms with Gasteiger partial charge in [0.15, 0.2) is 0 Å². The van der Waals surface area contributed by atoms with Gasteiger partial charge in [0.1, 0.15) is 5.78 Å². The molecule has 0 spiro atoms. The third-order valence-electron chi connectivity index (χ3n) is 6.81. The molecule has 0 bridgehead atoms. The fourth-order valence-electron chi connectivity index (χ4n) is 4.88. The molecule has 0 saturated heterocycles. The molecule has 3 N–H and O–H groups in total. The number of benzene rings is 1. The van der Waals surface area contributed by atoms with Crippen LogP contribution in [-0.2, 0) is 33.8 Å². The number of aromatic nitrogens is 1. The average molecular weight is 437 g/mol.